The maximum Gasteiger partial charge on any atom is 0.295 e. The molecular weight excluding hydrogens is 511 g/mol. The third-order valence-electron chi connectivity index (χ3n) is 6.37. The third-order valence-corrected chi connectivity index (χ3v) is 6.90. The van der Waals surface area contributed by atoms with Crippen LogP contribution in [0.2, 0.25) is 0 Å². The first-order chi connectivity index (χ1) is 16.9. The van der Waals surface area contributed by atoms with Crippen LogP contribution in [-0.2, 0) is 9.59 Å². The van der Waals surface area contributed by atoms with Crippen molar-refractivity contribution < 1.29 is 19.1 Å². The van der Waals surface area contributed by atoms with Crippen LogP contribution in [-0.4, -0.2) is 52.8 Å². The molecule has 2 aromatic rings. The number of benzene rings is 2. The highest BCUT2D eigenvalue weighted by atomic mass is 79.9. The first-order valence-corrected chi connectivity index (χ1v) is 13.2. The standard InChI is InChI=1S/C28H34BrFN2O3/c1-3-5-16-31(17-6-4-2)18-7-19-32-25(20-8-12-22(29)13-9-20)24(27(34)28(32)35)26(33)21-10-14-23(30)15-11-21/h8-15,25,33H,3-7,16-19H2,1-2H3/b26-24+. The molecule has 0 aromatic heterocycles. The Morgan fingerprint density at radius 1 is 0.943 bits per heavy atom. The highest BCUT2D eigenvalue weighted by Crippen LogP contribution is 2.39. The number of nitrogens with zero attached hydrogens (tertiary/aromatic N) is 2. The number of carbonyl (C=O) groups excluding carboxylic acids is 2. The molecule has 2 aromatic carbocycles. The lowest BCUT2D eigenvalue weighted by molar-refractivity contribution is -0.140. The van der Waals surface area contributed by atoms with Crippen molar-refractivity contribution in [3.63, 3.8) is 0 Å². The molecule has 1 unspecified atom stereocenters. The number of halogens is 2. The number of carbonyl (C=O) groups is 2. The molecule has 1 fully saturated rings. The van der Waals surface area contributed by atoms with Gasteiger partial charge in [0.1, 0.15) is 11.6 Å². The van der Waals surface area contributed by atoms with Crippen molar-refractivity contribution in [3.05, 3.63) is 75.5 Å². The molecule has 1 heterocycles. The Balaban J connectivity index is 1.90. The van der Waals surface area contributed by atoms with Gasteiger partial charge in [0.15, 0.2) is 0 Å². The second kappa shape index (κ2) is 13.0. The summed E-state index contributed by atoms with van der Waals surface area (Å²) in [5, 5.41) is 11.1. The Morgan fingerprint density at radius 3 is 2.09 bits per heavy atom. The van der Waals surface area contributed by atoms with Gasteiger partial charge in [-0.25, -0.2) is 4.39 Å². The maximum absolute atomic E-state index is 13.4. The van der Waals surface area contributed by atoms with Crippen LogP contribution in [0.5, 0.6) is 0 Å². The summed E-state index contributed by atoms with van der Waals surface area (Å²) < 4.78 is 14.3. The van der Waals surface area contributed by atoms with Crippen LogP contribution in [0, 0.1) is 5.82 Å². The summed E-state index contributed by atoms with van der Waals surface area (Å²) in [6.07, 6.45) is 5.24. The van der Waals surface area contributed by atoms with Crippen LogP contribution in [0.15, 0.2) is 58.6 Å². The first kappa shape index (κ1) is 27.1. The number of amides is 1. The van der Waals surface area contributed by atoms with E-state index in [0.29, 0.717) is 12.1 Å². The molecule has 3 rings (SSSR count). The quantitative estimate of drug-likeness (QED) is 0.193. The molecule has 188 valence electrons. The SMILES string of the molecule is CCCCN(CCCC)CCCN1C(=O)C(=O)/C(=C(/O)c2ccc(F)cc2)C1c1ccc(Br)cc1. The Morgan fingerprint density at radius 2 is 1.51 bits per heavy atom. The second-order valence-electron chi connectivity index (χ2n) is 8.95. The van der Waals surface area contributed by atoms with Crippen LogP contribution in [0.1, 0.15) is 63.1 Å². The molecule has 1 amide bonds. The van der Waals surface area contributed by atoms with Crippen LogP contribution < -0.4 is 0 Å². The van der Waals surface area contributed by atoms with Gasteiger partial charge in [0.05, 0.1) is 11.6 Å². The molecule has 0 saturated carbocycles. The number of hydrogen-bond donors (Lipinski definition) is 1. The number of Topliss-reactive ketones (excluding diaryl/α,β-unsaturated/α-hetero) is 1. The predicted octanol–water partition coefficient (Wildman–Crippen LogP) is 6.30. The van der Waals surface area contributed by atoms with E-state index < -0.39 is 23.5 Å². The molecule has 7 heteroatoms. The van der Waals surface area contributed by atoms with Gasteiger partial charge in [-0.15, -0.1) is 0 Å². The lowest BCUT2D eigenvalue weighted by Crippen LogP contribution is -2.34. The van der Waals surface area contributed by atoms with E-state index in [1.807, 2.05) is 24.3 Å². The van der Waals surface area contributed by atoms with Crippen molar-refractivity contribution >= 4 is 33.4 Å². The van der Waals surface area contributed by atoms with Crippen LogP contribution >= 0.6 is 15.9 Å². The van der Waals surface area contributed by atoms with Crippen LogP contribution in [0.3, 0.4) is 0 Å². The number of ketones is 1. The van der Waals surface area contributed by atoms with Crippen molar-refractivity contribution in [1.82, 2.24) is 9.80 Å². The molecule has 0 radical (unpaired) electrons. The van der Waals surface area contributed by atoms with Crippen molar-refractivity contribution in [3.8, 4) is 0 Å². The van der Waals surface area contributed by atoms with Gasteiger partial charge in [-0.1, -0.05) is 54.8 Å². The fraction of sp³-hybridized carbons (Fsp3) is 0.429. The van der Waals surface area contributed by atoms with Gasteiger partial charge in [-0.05, 0) is 80.9 Å². The number of aliphatic hydroxyl groups is 1. The molecule has 5 nitrogen and oxygen atoms in total. The molecular formula is C28H34BrFN2O3. The zero-order valence-corrected chi connectivity index (χ0v) is 22.1. The van der Waals surface area contributed by atoms with Crippen LogP contribution in [0.25, 0.3) is 5.76 Å². The Hall–Kier alpha value is -2.51. The molecule has 1 atom stereocenters. The Kier molecular flexibility index (Phi) is 10.0. The minimum Gasteiger partial charge on any atom is -0.507 e. The molecule has 0 bridgehead atoms. The van der Waals surface area contributed by atoms with E-state index >= 15 is 0 Å². The smallest absolute Gasteiger partial charge is 0.295 e. The first-order valence-electron chi connectivity index (χ1n) is 12.4. The van der Waals surface area contributed by atoms with E-state index in [0.717, 1.165) is 61.8 Å². The van der Waals surface area contributed by atoms with E-state index in [1.165, 1.54) is 24.3 Å². The van der Waals surface area contributed by atoms with Crippen molar-refractivity contribution in [2.75, 3.05) is 26.2 Å². The highest BCUT2D eigenvalue weighted by Gasteiger charge is 2.45. The van der Waals surface area contributed by atoms with Gasteiger partial charge in [-0.2, -0.15) is 0 Å². The molecule has 1 aliphatic heterocycles. The fourth-order valence-electron chi connectivity index (χ4n) is 4.43. The minimum atomic E-state index is -0.714. The normalized spacial score (nSPS) is 17.5. The average Bonchev–Trinajstić information content (AvgIpc) is 3.10. The largest absolute Gasteiger partial charge is 0.507 e. The number of aliphatic hydroxyl groups excluding tert-OH is 1. The summed E-state index contributed by atoms with van der Waals surface area (Å²) in [6, 6.07) is 12.0. The van der Waals surface area contributed by atoms with Crippen molar-refractivity contribution in [2.45, 2.75) is 52.0 Å². The maximum atomic E-state index is 13.4. The van der Waals surface area contributed by atoms with Crippen LogP contribution in [0.4, 0.5) is 4.39 Å². The second-order valence-corrected chi connectivity index (χ2v) is 9.87. The monoisotopic (exact) mass is 544 g/mol. The van der Waals surface area contributed by atoms with Gasteiger partial charge >= 0.3 is 0 Å². The number of unbranched alkanes of at least 4 members (excludes halogenated alkanes) is 2. The predicted molar refractivity (Wildman–Crippen MR) is 140 cm³/mol. The minimum absolute atomic E-state index is 0.0396. The summed E-state index contributed by atoms with van der Waals surface area (Å²) >= 11 is 3.43. The van der Waals surface area contributed by atoms with E-state index in [9.17, 15) is 19.1 Å². The molecule has 1 aliphatic rings. The number of hydrogen-bond acceptors (Lipinski definition) is 4. The molecule has 1 saturated heterocycles. The molecule has 0 aliphatic carbocycles. The lowest BCUT2D eigenvalue weighted by Gasteiger charge is -2.27. The summed E-state index contributed by atoms with van der Waals surface area (Å²) in [4.78, 5) is 30.2. The molecule has 35 heavy (non-hydrogen) atoms. The topological polar surface area (TPSA) is 60.9 Å². The van der Waals surface area contributed by atoms with Crippen molar-refractivity contribution in [1.29, 1.82) is 0 Å². The number of rotatable bonds is 12. The summed E-state index contributed by atoms with van der Waals surface area (Å²) in [5.74, 6) is -2.06. The van der Waals surface area contributed by atoms with E-state index in [1.54, 1.807) is 4.90 Å². The van der Waals surface area contributed by atoms with Gasteiger partial charge in [0.25, 0.3) is 11.7 Å². The van der Waals surface area contributed by atoms with Gasteiger partial charge in [-0.3, -0.25) is 9.59 Å². The van der Waals surface area contributed by atoms with E-state index in [4.69, 9.17) is 0 Å². The Labute approximate surface area is 215 Å². The van der Waals surface area contributed by atoms with Gasteiger partial charge in [0, 0.05) is 16.6 Å². The zero-order chi connectivity index (χ0) is 25.4. The Bertz CT molecular complexity index is 1030. The molecule has 0 spiro atoms. The van der Waals surface area contributed by atoms with Crippen molar-refractivity contribution in [2.24, 2.45) is 0 Å². The van der Waals surface area contributed by atoms with E-state index in [2.05, 4.69) is 34.7 Å². The third kappa shape index (κ3) is 6.79. The number of likely N-dealkylation sites (tertiary alicyclic amines) is 1. The molecule has 1 N–H and O–H groups in total. The fourth-order valence-corrected chi connectivity index (χ4v) is 4.69. The lowest BCUT2D eigenvalue weighted by atomic mass is 9.95. The van der Waals surface area contributed by atoms with Gasteiger partial charge < -0.3 is 14.9 Å². The summed E-state index contributed by atoms with van der Waals surface area (Å²) in [6.45, 7) is 7.65. The zero-order valence-electron chi connectivity index (χ0n) is 20.5. The van der Waals surface area contributed by atoms with Gasteiger partial charge in [0.2, 0.25) is 0 Å². The average molecular weight is 545 g/mol. The highest BCUT2D eigenvalue weighted by molar-refractivity contribution is 9.10. The van der Waals surface area contributed by atoms with E-state index in [-0.39, 0.29) is 11.3 Å². The summed E-state index contributed by atoms with van der Waals surface area (Å²) in [5.41, 5.74) is 1.08. The summed E-state index contributed by atoms with van der Waals surface area (Å²) in [7, 11) is 0.